The molecular weight excluding hydrogens is 204 g/mol. The number of amides is 2. The predicted octanol–water partition coefficient (Wildman–Crippen LogP) is -2.09. The Hall–Kier alpha value is -1.18. The Morgan fingerprint density at radius 2 is 1.40 bits per heavy atom. The van der Waals surface area contributed by atoms with E-state index in [9.17, 15) is 9.59 Å². The summed E-state index contributed by atoms with van der Waals surface area (Å²) in [6, 6.07) is 0. The third-order valence-corrected chi connectivity index (χ3v) is 1.42. The minimum Gasteiger partial charge on any atom is -0.387 e. The van der Waals surface area contributed by atoms with E-state index < -0.39 is 37.5 Å². The first-order chi connectivity index (χ1) is 6.99. The SMILES string of the molecule is CC(NC(=O)CO)OC(C)NC(=O)CO. The Kier molecular flexibility index (Phi) is 6.59. The van der Waals surface area contributed by atoms with Crippen LogP contribution in [0.3, 0.4) is 0 Å². The number of carbonyl (C=O) groups excluding carboxylic acids is 2. The lowest BCUT2D eigenvalue weighted by molar-refractivity contribution is -0.133. The summed E-state index contributed by atoms with van der Waals surface area (Å²) in [5.74, 6) is -1.13. The van der Waals surface area contributed by atoms with E-state index in [1.165, 1.54) is 0 Å². The molecule has 0 aliphatic heterocycles. The summed E-state index contributed by atoms with van der Waals surface area (Å²) >= 11 is 0. The van der Waals surface area contributed by atoms with E-state index in [1.807, 2.05) is 0 Å². The van der Waals surface area contributed by atoms with Gasteiger partial charge in [-0.25, -0.2) is 0 Å². The Bertz CT molecular complexity index is 199. The normalized spacial score (nSPS) is 14.1. The van der Waals surface area contributed by atoms with E-state index in [4.69, 9.17) is 14.9 Å². The van der Waals surface area contributed by atoms with Gasteiger partial charge in [0, 0.05) is 0 Å². The van der Waals surface area contributed by atoms with Crippen LogP contribution in [0.1, 0.15) is 13.8 Å². The third-order valence-electron chi connectivity index (χ3n) is 1.42. The minimum absolute atomic E-state index is 0.566. The summed E-state index contributed by atoms with van der Waals surface area (Å²) in [5.41, 5.74) is 0. The summed E-state index contributed by atoms with van der Waals surface area (Å²) in [4.78, 5) is 21.4. The van der Waals surface area contributed by atoms with Crippen LogP contribution in [-0.4, -0.2) is 47.7 Å². The molecule has 88 valence electrons. The fourth-order valence-electron chi connectivity index (χ4n) is 0.919. The van der Waals surface area contributed by atoms with Gasteiger partial charge < -0.3 is 25.6 Å². The van der Waals surface area contributed by atoms with Crippen molar-refractivity contribution in [2.24, 2.45) is 0 Å². The van der Waals surface area contributed by atoms with Crippen LogP contribution in [0, 0.1) is 0 Å². The van der Waals surface area contributed by atoms with Crippen LogP contribution in [0.4, 0.5) is 0 Å². The standard InChI is InChI=1S/C8H16N2O5/c1-5(9-7(13)3-11)15-6(2)10-8(14)4-12/h5-6,11-12H,3-4H2,1-2H3,(H,9,13)(H,10,14). The van der Waals surface area contributed by atoms with Gasteiger partial charge in [-0.2, -0.15) is 0 Å². The molecule has 0 aliphatic rings. The first-order valence-corrected chi connectivity index (χ1v) is 4.45. The second-order valence-electron chi connectivity index (χ2n) is 2.87. The number of hydrogen-bond donors (Lipinski definition) is 4. The lowest BCUT2D eigenvalue weighted by Crippen LogP contribution is -2.44. The van der Waals surface area contributed by atoms with Gasteiger partial charge in [-0.05, 0) is 13.8 Å². The molecule has 0 aromatic carbocycles. The molecular formula is C8H16N2O5. The Balaban J connectivity index is 3.80. The van der Waals surface area contributed by atoms with Gasteiger partial charge >= 0.3 is 0 Å². The Labute approximate surface area is 87.4 Å². The average molecular weight is 220 g/mol. The van der Waals surface area contributed by atoms with E-state index in [1.54, 1.807) is 13.8 Å². The van der Waals surface area contributed by atoms with Crippen molar-refractivity contribution in [2.45, 2.75) is 26.3 Å². The topological polar surface area (TPSA) is 108 Å². The number of hydrogen-bond acceptors (Lipinski definition) is 5. The van der Waals surface area contributed by atoms with Crippen LogP contribution >= 0.6 is 0 Å². The molecule has 15 heavy (non-hydrogen) atoms. The Morgan fingerprint density at radius 1 is 1.07 bits per heavy atom. The van der Waals surface area contributed by atoms with Gasteiger partial charge in [0.15, 0.2) is 0 Å². The maximum Gasteiger partial charge on any atom is 0.247 e. The van der Waals surface area contributed by atoms with Crippen molar-refractivity contribution < 1.29 is 24.5 Å². The quantitative estimate of drug-likeness (QED) is 0.384. The van der Waals surface area contributed by atoms with Crippen LogP contribution in [0.2, 0.25) is 0 Å². The van der Waals surface area contributed by atoms with Crippen LogP contribution in [0.15, 0.2) is 0 Å². The molecule has 2 amide bonds. The van der Waals surface area contributed by atoms with Gasteiger partial charge in [0.25, 0.3) is 0 Å². The molecule has 0 rings (SSSR count). The third kappa shape index (κ3) is 6.83. The summed E-state index contributed by atoms with van der Waals surface area (Å²) < 4.78 is 5.11. The highest BCUT2D eigenvalue weighted by Crippen LogP contribution is 1.92. The molecule has 2 unspecified atom stereocenters. The van der Waals surface area contributed by atoms with Crippen LogP contribution in [-0.2, 0) is 14.3 Å². The number of nitrogens with one attached hydrogen (secondary N) is 2. The largest absolute Gasteiger partial charge is 0.387 e. The van der Waals surface area contributed by atoms with Crippen LogP contribution in [0.25, 0.3) is 0 Å². The van der Waals surface area contributed by atoms with E-state index in [0.717, 1.165) is 0 Å². The smallest absolute Gasteiger partial charge is 0.247 e. The zero-order valence-electron chi connectivity index (χ0n) is 8.69. The summed E-state index contributed by atoms with van der Waals surface area (Å²) in [6.07, 6.45) is -1.28. The molecule has 0 fully saturated rings. The van der Waals surface area contributed by atoms with E-state index in [2.05, 4.69) is 10.6 Å². The molecule has 0 heterocycles. The molecule has 0 aromatic rings. The summed E-state index contributed by atoms with van der Waals surface area (Å²) in [5, 5.41) is 21.5. The van der Waals surface area contributed by atoms with Crippen molar-refractivity contribution >= 4 is 11.8 Å². The lowest BCUT2D eigenvalue weighted by Gasteiger charge is -2.20. The van der Waals surface area contributed by atoms with Gasteiger partial charge in [0.2, 0.25) is 11.8 Å². The van der Waals surface area contributed by atoms with Crippen molar-refractivity contribution in [2.75, 3.05) is 13.2 Å². The monoisotopic (exact) mass is 220 g/mol. The molecule has 0 spiro atoms. The highest BCUT2D eigenvalue weighted by Gasteiger charge is 2.12. The van der Waals surface area contributed by atoms with Crippen molar-refractivity contribution in [1.29, 1.82) is 0 Å². The highest BCUT2D eigenvalue weighted by atomic mass is 16.5. The number of aliphatic hydroxyl groups excluding tert-OH is 2. The molecule has 7 heteroatoms. The van der Waals surface area contributed by atoms with E-state index in [0.29, 0.717) is 0 Å². The van der Waals surface area contributed by atoms with Gasteiger partial charge in [0.1, 0.15) is 25.7 Å². The zero-order valence-corrected chi connectivity index (χ0v) is 8.69. The lowest BCUT2D eigenvalue weighted by atomic mass is 10.5. The second-order valence-corrected chi connectivity index (χ2v) is 2.87. The molecule has 0 radical (unpaired) electrons. The molecule has 2 atom stereocenters. The van der Waals surface area contributed by atoms with Gasteiger partial charge in [-0.1, -0.05) is 0 Å². The van der Waals surface area contributed by atoms with Crippen LogP contribution < -0.4 is 10.6 Å². The molecule has 0 aromatic heterocycles. The summed E-state index contributed by atoms with van der Waals surface area (Å²) in [7, 11) is 0. The van der Waals surface area contributed by atoms with Crippen molar-refractivity contribution in [3.8, 4) is 0 Å². The van der Waals surface area contributed by atoms with Crippen LogP contribution in [0.5, 0.6) is 0 Å². The first kappa shape index (κ1) is 13.8. The molecule has 7 nitrogen and oxygen atoms in total. The maximum absolute atomic E-state index is 10.7. The fourth-order valence-corrected chi connectivity index (χ4v) is 0.919. The average Bonchev–Trinajstić information content (AvgIpc) is 2.16. The van der Waals surface area contributed by atoms with Gasteiger partial charge in [0.05, 0.1) is 0 Å². The maximum atomic E-state index is 10.7. The van der Waals surface area contributed by atoms with Crippen molar-refractivity contribution in [3.05, 3.63) is 0 Å². The van der Waals surface area contributed by atoms with Crippen molar-refractivity contribution in [1.82, 2.24) is 10.6 Å². The second kappa shape index (κ2) is 7.16. The number of carbonyl (C=O) groups is 2. The highest BCUT2D eigenvalue weighted by molar-refractivity contribution is 5.77. The number of aliphatic hydroxyl groups is 2. The number of ether oxygens (including phenoxy) is 1. The minimum atomic E-state index is -0.640. The predicted molar refractivity (Wildman–Crippen MR) is 50.5 cm³/mol. The van der Waals surface area contributed by atoms with Gasteiger partial charge in [-0.3, -0.25) is 9.59 Å². The first-order valence-electron chi connectivity index (χ1n) is 4.45. The van der Waals surface area contributed by atoms with Gasteiger partial charge in [-0.15, -0.1) is 0 Å². The summed E-state index contributed by atoms with van der Waals surface area (Å²) in [6.45, 7) is 1.86. The van der Waals surface area contributed by atoms with E-state index >= 15 is 0 Å². The molecule has 0 bridgehead atoms. The zero-order chi connectivity index (χ0) is 11.8. The molecule has 0 saturated heterocycles. The molecule has 4 N–H and O–H groups in total. The fraction of sp³-hybridized carbons (Fsp3) is 0.750. The Morgan fingerprint density at radius 3 is 1.67 bits per heavy atom. The van der Waals surface area contributed by atoms with E-state index in [-0.39, 0.29) is 0 Å². The number of rotatable bonds is 6. The molecule has 0 aliphatic carbocycles. The van der Waals surface area contributed by atoms with Crippen molar-refractivity contribution in [3.63, 3.8) is 0 Å². The molecule has 0 saturated carbocycles.